The monoisotopic (exact) mass is 324 g/mol. The number of aromatic nitrogens is 3. The van der Waals surface area contributed by atoms with Crippen molar-refractivity contribution in [3.8, 4) is 5.69 Å². The van der Waals surface area contributed by atoms with Gasteiger partial charge in [0.15, 0.2) is 0 Å². The summed E-state index contributed by atoms with van der Waals surface area (Å²) in [5, 5.41) is 16.7. The average molecular weight is 325 g/mol. The molecule has 1 aromatic heterocycles. The van der Waals surface area contributed by atoms with E-state index in [2.05, 4.69) is 26.2 Å². The van der Waals surface area contributed by atoms with Gasteiger partial charge in [0.25, 0.3) is 0 Å². The number of aryl methyl sites for hydroxylation is 1. The van der Waals surface area contributed by atoms with Crippen molar-refractivity contribution >= 4 is 21.9 Å². The van der Waals surface area contributed by atoms with Gasteiger partial charge in [-0.15, -0.1) is 5.10 Å². The zero-order valence-electron chi connectivity index (χ0n) is 10.2. The number of carbonyl (C=O) groups is 1. The smallest absolute Gasteiger partial charge is 0.320 e. The molecule has 3 N–H and O–H groups in total. The molecular weight excluding hydrogens is 312 g/mol. The SMILES string of the molecule is Cc1cc(Br)cc(-n2cc(CC(N)C(=O)O)nn2)c1. The molecule has 0 saturated carbocycles. The van der Waals surface area contributed by atoms with E-state index in [0.717, 1.165) is 15.7 Å². The highest BCUT2D eigenvalue weighted by Gasteiger charge is 2.14. The third-order valence-electron chi connectivity index (χ3n) is 2.58. The number of nitrogens with zero attached hydrogens (tertiary/aromatic N) is 3. The van der Waals surface area contributed by atoms with Crippen molar-refractivity contribution in [3.63, 3.8) is 0 Å². The van der Waals surface area contributed by atoms with Crippen molar-refractivity contribution in [2.45, 2.75) is 19.4 Å². The summed E-state index contributed by atoms with van der Waals surface area (Å²) in [7, 11) is 0. The van der Waals surface area contributed by atoms with Crippen LogP contribution in [0.4, 0.5) is 0 Å². The van der Waals surface area contributed by atoms with Gasteiger partial charge in [-0.25, -0.2) is 4.68 Å². The van der Waals surface area contributed by atoms with E-state index in [0.29, 0.717) is 5.69 Å². The lowest BCUT2D eigenvalue weighted by atomic mass is 10.2. The lowest BCUT2D eigenvalue weighted by Gasteiger charge is -2.03. The number of hydrogen-bond acceptors (Lipinski definition) is 4. The van der Waals surface area contributed by atoms with Crippen molar-refractivity contribution in [1.82, 2.24) is 15.0 Å². The van der Waals surface area contributed by atoms with Crippen LogP contribution < -0.4 is 5.73 Å². The second-order valence-corrected chi connectivity index (χ2v) is 5.21. The lowest BCUT2D eigenvalue weighted by molar-refractivity contribution is -0.138. The fourth-order valence-electron chi connectivity index (χ4n) is 1.68. The van der Waals surface area contributed by atoms with Gasteiger partial charge in [-0.1, -0.05) is 21.1 Å². The summed E-state index contributed by atoms with van der Waals surface area (Å²) in [6.07, 6.45) is 1.84. The van der Waals surface area contributed by atoms with Gasteiger partial charge in [0.2, 0.25) is 0 Å². The molecule has 2 aromatic rings. The van der Waals surface area contributed by atoms with Gasteiger partial charge in [-0.3, -0.25) is 4.79 Å². The molecule has 1 heterocycles. The Kier molecular flexibility index (Phi) is 3.96. The number of halogens is 1. The molecule has 0 saturated heterocycles. The van der Waals surface area contributed by atoms with E-state index in [1.807, 2.05) is 25.1 Å². The van der Waals surface area contributed by atoms with E-state index in [1.165, 1.54) is 0 Å². The Bertz CT molecular complexity index is 591. The predicted octanol–water partition coefficient (Wildman–Crippen LogP) is 1.29. The molecule has 0 bridgehead atoms. The summed E-state index contributed by atoms with van der Waals surface area (Å²) in [5.74, 6) is -1.05. The van der Waals surface area contributed by atoms with E-state index < -0.39 is 12.0 Å². The van der Waals surface area contributed by atoms with Crippen LogP contribution in [0.2, 0.25) is 0 Å². The number of carboxylic acid groups (broad SMARTS) is 1. The van der Waals surface area contributed by atoms with E-state index in [-0.39, 0.29) is 6.42 Å². The van der Waals surface area contributed by atoms with E-state index in [4.69, 9.17) is 10.8 Å². The lowest BCUT2D eigenvalue weighted by Crippen LogP contribution is -2.32. The van der Waals surface area contributed by atoms with Crippen LogP contribution >= 0.6 is 15.9 Å². The average Bonchev–Trinajstić information content (AvgIpc) is 2.76. The molecule has 1 unspecified atom stereocenters. The highest BCUT2D eigenvalue weighted by Crippen LogP contribution is 2.18. The normalized spacial score (nSPS) is 12.4. The highest BCUT2D eigenvalue weighted by atomic mass is 79.9. The molecule has 19 heavy (non-hydrogen) atoms. The summed E-state index contributed by atoms with van der Waals surface area (Å²) in [6.45, 7) is 1.98. The minimum absolute atomic E-state index is 0.155. The first-order valence-corrected chi connectivity index (χ1v) is 6.42. The molecule has 1 atom stereocenters. The summed E-state index contributed by atoms with van der Waals surface area (Å²) in [6, 6.07) is 4.89. The zero-order valence-corrected chi connectivity index (χ0v) is 11.8. The first-order valence-electron chi connectivity index (χ1n) is 5.63. The largest absolute Gasteiger partial charge is 0.480 e. The Balaban J connectivity index is 2.23. The Hall–Kier alpha value is -1.73. The maximum Gasteiger partial charge on any atom is 0.320 e. The summed E-state index contributed by atoms with van der Waals surface area (Å²) >= 11 is 3.42. The molecule has 0 aliphatic carbocycles. The van der Waals surface area contributed by atoms with Crippen molar-refractivity contribution in [2.24, 2.45) is 5.73 Å². The molecule has 100 valence electrons. The summed E-state index contributed by atoms with van der Waals surface area (Å²) in [5.41, 5.74) is 7.95. The fourth-order valence-corrected chi connectivity index (χ4v) is 2.28. The molecule has 0 radical (unpaired) electrons. The Morgan fingerprint density at radius 3 is 2.89 bits per heavy atom. The number of aliphatic carboxylic acids is 1. The Morgan fingerprint density at radius 2 is 2.26 bits per heavy atom. The second kappa shape index (κ2) is 5.50. The highest BCUT2D eigenvalue weighted by molar-refractivity contribution is 9.10. The van der Waals surface area contributed by atoms with E-state index in [1.54, 1.807) is 10.9 Å². The minimum atomic E-state index is -1.05. The van der Waals surface area contributed by atoms with Crippen LogP contribution in [0.3, 0.4) is 0 Å². The first kappa shape index (κ1) is 13.7. The molecule has 0 fully saturated rings. The number of rotatable bonds is 4. The second-order valence-electron chi connectivity index (χ2n) is 4.29. The van der Waals surface area contributed by atoms with E-state index in [9.17, 15) is 4.79 Å². The Labute approximate surface area is 118 Å². The fraction of sp³-hybridized carbons (Fsp3) is 0.250. The molecular formula is C12H13BrN4O2. The number of hydrogen-bond donors (Lipinski definition) is 2. The van der Waals surface area contributed by atoms with E-state index >= 15 is 0 Å². The molecule has 0 spiro atoms. The predicted molar refractivity (Wildman–Crippen MR) is 73.1 cm³/mol. The molecule has 0 amide bonds. The van der Waals surface area contributed by atoms with Crippen molar-refractivity contribution in [3.05, 3.63) is 40.1 Å². The standard InChI is InChI=1S/C12H13BrN4O2/c1-7-2-8(13)4-10(3-7)17-6-9(15-16-17)5-11(14)12(18)19/h2-4,6,11H,5,14H2,1H3,(H,18,19). The number of nitrogens with two attached hydrogens (primary N) is 1. The topological polar surface area (TPSA) is 94.0 Å². The van der Waals surface area contributed by atoms with Gasteiger partial charge < -0.3 is 10.8 Å². The van der Waals surface area contributed by atoms with Crippen LogP contribution in [0.15, 0.2) is 28.9 Å². The molecule has 2 rings (SSSR count). The van der Waals surface area contributed by atoms with Crippen LogP contribution in [0, 0.1) is 6.92 Å². The summed E-state index contributed by atoms with van der Waals surface area (Å²) < 4.78 is 2.54. The Morgan fingerprint density at radius 1 is 1.53 bits per heavy atom. The maximum atomic E-state index is 10.7. The molecule has 6 nitrogen and oxygen atoms in total. The molecule has 0 aliphatic heterocycles. The van der Waals surface area contributed by atoms with Gasteiger partial charge in [-0.05, 0) is 30.7 Å². The van der Waals surface area contributed by atoms with Crippen molar-refractivity contribution in [1.29, 1.82) is 0 Å². The number of benzene rings is 1. The van der Waals surface area contributed by atoms with Crippen LogP contribution in [0.1, 0.15) is 11.3 Å². The van der Waals surface area contributed by atoms with Crippen LogP contribution in [0.25, 0.3) is 5.69 Å². The van der Waals surface area contributed by atoms with Gasteiger partial charge in [0.1, 0.15) is 6.04 Å². The van der Waals surface area contributed by atoms with Gasteiger partial charge >= 0.3 is 5.97 Å². The van der Waals surface area contributed by atoms with Gasteiger partial charge in [0.05, 0.1) is 17.6 Å². The summed E-state index contributed by atoms with van der Waals surface area (Å²) in [4.78, 5) is 10.7. The van der Waals surface area contributed by atoms with Crippen molar-refractivity contribution < 1.29 is 9.90 Å². The quantitative estimate of drug-likeness (QED) is 0.883. The number of carboxylic acids is 1. The zero-order chi connectivity index (χ0) is 14.0. The molecule has 0 aliphatic rings. The third-order valence-corrected chi connectivity index (χ3v) is 3.04. The van der Waals surface area contributed by atoms with Gasteiger partial charge in [0, 0.05) is 10.9 Å². The van der Waals surface area contributed by atoms with Crippen LogP contribution in [0.5, 0.6) is 0 Å². The first-order chi connectivity index (χ1) is 8.95. The third kappa shape index (κ3) is 3.39. The maximum absolute atomic E-state index is 10.7. The van der Waals surface area contributed by atoms with Crippen LogP contribution in [-0.2, 0) is 11.2 Å². The van der Waals surface area contributed by atoms with Crippen molar-refractivity contribution in [2.75, 3.05) is 0 Å². The molecule has 1 aromatic carbocycles. The minimum Gasteiger partial charge on any atom is -0.480 e. The van der Waals surface area contributed by atoms with Gasteiger partial charge in [-0.2, -0.15) is 0 Å². The molecule has 7 heteroatoms. The van der Waals surface area contributed by atoms with Crippen LogP contribution in [-0.4, -0.2) is 32.1 Å².